The van der Waals surface area contributed by atoms with E-state index >= 15 is 0 Å². The van der Waals surface area contributed by atoms with Crippen LogP contribution >= 0.6 is 0 Å². The molecule has 4 nitrogen and oxygen atoms in total. The van der Waals surface area contributed by atoms with Crippen molar-refractivity contribution in [2.24, 2.45) is 0 Å². The van der Waals surface area contributed by atoms with E-state index in [-0.39, 0.29) is 5.56 Å². The van der Waals surface area contributed by atoms with Crippen molar-refractivity contribution in [1.82, 2.24) is 0 Å². The summed E-state index contributed by atoms with van der Waals surface area (Å²) < 4.78 is 10.6. The van der Waals surface area contributed by atoms with E-state index in [1.54, 1.807) is 36.4 Å². The zero-order valence-corrected chi connectivity index (χ0v) is 12.0. The zero-order chi connectivity index (χ0) is 15.5. The summed E-state index contributed by atoms with van der Waals surface area (Å²) in [6.45, 7) is 1.98. The monoisotopic (exact) mass is 294 g/mol. The highest BCUT2D eigenvalue weighted by atomic mass is 16.4. The number of hydrogen-bond acceptors (Lipinski definition) is 4. The van der Waals surface area contributed by atoms with Gasteiger partial charge in [-0.3, -0.25) is 4.79 Å². The molecule has 22 heavy (non-hydrogen) atoms. The second-order valence-corrected chi connectivity index (χ2v) is 4.84. The largest absolute Gasteiger partial charge is 0.462 e. The first-order valence-corrected chi connectivity index (χ1v) is 7.01. The van der Waals surface area contributed by atoms with E-state index in [0.29, 0.717) is 16.7 Å². The second-order valence-electron chi connectivity index (χ2n) is 4.84. The molecule has 0 saturated heterocycles. The molecule has 0 unspecified atom stereocenters. The lowest BCUT2D eigenvalue weighted by molar-refractivity contribution is 0.104. The van der Waals surface area contributed by atoms with E-state index in [1.165, 1.54) is 6.08 Å². The maximum atomic E-state index is 12.2. The number of carbonyl (C=O) groups is 1. The van der Waals surface area contributed by atoms with E-state index < -0.39 is 11.4 Å². The van der Waals surface area contributed by atoms with Crippen molar-refractivity contribution in [2.45, 2.75) is 13.3 Å². The third-order valence-corrected chi connectivity index (χ3v) is 3.34. The first kappa shape index (κ1) is 14.1. The first-order chi connectivity index (χ1) is 10.7. The third kappa shape index (κ3) is 2.76. The Morgan fingerprint density at radius 3 is 2.73 bits per heavy atom. The molecule has 3 rings (SSSR count). The molecule has 3 aromatic rings. The minimum absolute atomic E-state index is 0.0113. The van der Waals surface area contributed by atoms with Crippen molar-refractivity contribution in [2.75, 3.05) is 0 Å². The summed E-state index contributed by atoms with van der Waals surface area (Å²) in [5, 5.41) is 0.713. The van der Waals surface area contributed by atoms with Gasteiger partial charge in [0.25, 0.3) is 0 Å². The molecule has 0 fully saturated rings. The van der Waals surface area contributed by atoms with Gasteiger partial charge in [-0.2, -0.15) is 0 Å². The Morgan fingerprint density at radius 2 is 1.95 bits per heavy atom. The molecule has 0 aliphatic heterocycles. The van der Waals surface area contributed by atoms with E-state index in [4.69, 9.17) is 8.83 Å². The lowest BCUT2D eigenvalue weighted by atomic mass is 10.1. The van der Waals surface area contributed by atoms with E-state index in [1.807, 2.05) is 19.1 Å². The second kappa shape index (κ2) is 5.85. The van der Waals surface area contributed by atoms with Crippen molar-refractivity contribution in [1.29, 1.82) is 0 Å². The van der Waals surface area contributed by atoms with Gasteiger partial charge in [0.05, 0.1) is 0 Å². The van der Waals surface area contributed by atoms with Gasteiger partial charge in [-0.05, 0) is 36.4 Å². The zero-order valence-electron chi connectivity index (χ0n) is 12.0. The van der Waals surface area contributed by atoms with Crippen LogP contribution in [0.15, 0.2) is 62.2 Å². The molecule has 0 aliphatic carbocycles. The molecular weight excluding hydrogens is 280 g/mol. The van der Waals surface area contributed by atoms with Crippen molar-refractivity contribution >= 4 is 22.8 Å². The molecule has 2 aromatic heterocycles. The molecule has 0 atom stereocenters. The summed E-state index contributed by atoms with van der Waals surface area (Å²) in [6.07, 6.45) is 3.66. The number of aryl methyl sites for hydroxylation is 1. The highest BCUT2D eigenvalue weighted by Crippen LogP contribution is 2.14. The van der Waals surface area contributed by atoms with Crippen LogP contribution in [0.4, 0.5) is 0 Å². The highest BCUT2D eigenvalue weighted by molar-refractivity contribution is 6.07. The molecule has 0 N–H and O–H groups in total. The minimum Gasteiger partial charge on any atom is -0.462 e. The molecule has 4 heteroatoms. The third-order valence-electron chi connectivity index (χ3n) is 3.34. The van der Waals surface area contributed by atoms with Gasteiger partial charge >= 0.3 is 5.63 Å². The van der Waals surface area contributed by atoms with E-state index in [0.717, 1.165) is 12.2 Å². The van der Waals surface area contributed by atoms with Crippen LogP contribution in [0, 0.1) is 0 Å². The fourth-order valence-electron chi connectivity index (χ4n) is 2.16. The SMILES string of the molecule is CCc1ccc(/C=C/C(=O)c2cc3ccccc3oc2=O)o1. The molecule has 2 heterocycles. The maximum absolute atomic E-state index is 12.2. The van der Waals surface area contributed by atoms with Gasteiger partial charge < -0.3 is 8.83 Å². The predicted molar refractivity (Wildman–Crippen MR) is 83.9 cm³/mol. The molecule has 0 spiro atoms. The van der Waals surface area contributed by atoms with Crippen LogP contribution in [0.25, 0.3) is 17.0 Å². The minimum atomic E-state index is -0.637. The van der Waals surface area contributed by atoms with Crippen LogP contribution in [0.3, 0.4) is 0 Å². The molecule has 0 aliphatic rings. The summed E-state index contributed by atoms with van der Waals surface area (Å²) in [5.41, 5.74) is -0.161. The van der Waals surface area contributed by atoms with Gasteiger partial charge in [-0.1, -0.05) is 25.1 Å². The lowest BCUT2D eigenvalue weighted by Gasteiger charge is -1.98. The Balaban J connectivity index is 1.91. The van der Waals surface area contributed by atoms with Crippen molar-refractivity contribution < 1.29 is 13.6 Å². The molecule has 0 amide bonds. The van der Waals surface area contributed by atoms with E-state index in [2.05, 4.69) is 0 Å². The van der Waals surface area contributed by atoms with Gasteiger partial charge in [0.1, 0.15) is 22.7 Å². The van der Waals surface area contributed by atoms with Crippen molar-refractivity contribution in [3.05, 3.63) is 76.0 Å². The molecule has 0 radical (unpaired) electrons. The van der Waals surface area contributed by atoms with Crippen LogP contribution in [-0.2, 0) is 6.42 Å². The number of allylic oxidation sites excluding steroid dienone is 1. The smallest absolute Gasteiger partial charge is 0.347 e. The van der Waals surface area contributed by atoms with Gasteiger partial charge in [0.2, 0.25) is 0 Å². The Labute approximate surface area is 126 Å². The maximum Gasteiger partial charge on any atom is 0.347 e. The van der Waals surface area contributed by atoms with Gasteiger partial charge in [-0.15, -0.1) is 0 Å². The highest BCUT2D eigenvalue weighted by Gasteiger charge is 2.11. The fraction of sp³-hybridized carbons (Fsp3) is 0.111. The molecule has 110 valence electrons. The van der Waals surface area contributed by atoms with Crippen LogP contribution in [-0.4, -0.2) is 5.78 Å². The Morgan fingerprint density at radius 1 is 1.14 bits per heavy atom. The van der Waals surface area contributed by atoms with E-state index in [9.17, 15) is 9.59 Å². The Hall–Kier alpha value is -2.88. The van der Waals surface area contributed by atoms with Crippen LogP contribution in [0.5, 0.6) is 0 Å². The lowest BCUT2D eigenvalue weighted by Crippen LogP contribution is -2.11. The summed E-state index contributed by atoms with van der Waals surface area (Å²) >= 11 is 0. The number of hydrogen-bond donors (Lipinski definition) is 0. The quantitative estimate of drug-likeness (QED) is 0.416. The number of para-hydroxylation sites is 1. The average Bonchev–Trinajstić information content (AvgIpc) is 3.00. The number of rotatable bonds is 4. The van der Waals surface area contributed by atoms with Gasteiger partial charge in [0.15, 0.2) is 5.78 Å². The van der Waals surface area contributed by atoms with Crippen LogP contribution in [0.1, 0.15) is 28.8 Å². The van der Waals surface area contributed by atoms with Crippen LogP contribution in [0.2, 0.25) is 0 Å². The number of carbonyl (C=O) groups excluding carboxylic acids is 1. The standard InChI is InChI=1S/C18H14O4/c1-2-13-7-8-14(21-13)9-10-16(19)15-11-12-5-3-4-6-17(12)22-18(15)20/h3-11H,2H2,1H3/b10-9+. The number of furan rings is 1. The predicted octanol–water partition coefficient (Wildman–Crippen LogP) is 3.84. The first-order valence-electron chi connectivity index (χ1n) is 7.01. The van der Waals surface area contributed by atoms with Crippen molar-refractivity contribution in [3.8, 4) is 0 Å². The Bertz CT molecular complexity index is 912. The summed E-state index contributed by atoms with van der Waals surface area (Å²) in [7, 11) is 0. The summed E-state index contributed by atoms with van der Waals surface area (Å²) in [4.78, 5) is 24.1. The van der Waals surface area contributed by atoms with Crippen molar-refractivity contribution in [3.63, 3.8) is 0 Å². The average molecular weight is 294 g/mol. The summed E-state index contributed by atoms with van der Waals surface area (Å²) in [6, 6.07) is 12.3. The Kier molecular flexibility index (Phi) is 3.74. The van der Waals surface area contributed by atoms with Gasteiger partial charge in [0, 0.05) is 11.8 Å². The normalized spacial score (nSPS) is 11.3. The molecular formula is C18H14O4. The topological polar surface area (TPSA) is 60.4 Å². The number of fused-ring (bicyclic) bond motifs is 1. The fourth-order valence-corrected chi connectivity index (χ4v) is 2.16. The molecule has 0 bridgehead atoms. The molecule has 0 saturated carbocycles. The molecule has 1 aromatic carbocycles. The van der Waals surface area contributed by atoms with Crippen LogP contribution < -0.4 is 5.63 Å². The van der Waals surface area contributed by atoms with Gasteiger partial charge in [-0.25, -0.2) is 4.79 Å². The summed E-state index contributed by atoms with van der Waals surface area (Å²) in [5.74, 6) is 1.02. The number of ketones is 1. The number of benzene rings is 1.